The Morgan fingerprint density at radius 1 is 0.812 bits per heavy atom. The van der Waals surface area contributed by atoms with E-state index in [0.717, 1.165) is 59.5 Å². The molecule has 0 saturated carbocycles. The molecule has 0 aromatic heterocycles. The van der Waals surface area contributed by atoms with Crippen LogP contribution in [0.4, 0.5) is 0 Å². The highest BCUT2D eigenvalue weighted by Gasteiger charge is 2.32. The van der Waals surface area contributed by atoms with Crippen LogP contribution in [0.2, 0.25) is 0 Å². The fourth-order valence-corrected chi connectivity index (χ4v) is 6.02. The van der Waals surface area contributed by atoms with E-state index in [9.17, 15) is 9.59 Å². The number of ether oxygens (including phenoxy) is 2. The summed E-state index contributed by atoms with van der Waals surface area (Å²) in [6.45, 7) is 5.08. The van der Waals surface area contributed by atoms with Crippen LogP contribution >= 0.6 is 0 Å². The highest BCUT2D eigenvalue weighted by molar-refractivity contribution is 6.35. The van der Waals surface area contributed by atoms with Gasteiger partial charge in [0.2, 0.25) is 10.9 Å². The average molecular weight is 420 g/mol. The molecule has 2 aliphatic rings. The van der Waals surface area contributed by atoms with E-state index in [4.69, 9.17) is 9.47 Å². The number of hydrogen-bond acceptors (Lipinski definition) is 4. The van der Waals surface area contributed by atoms with Crippen molar-refractivity contribution in [3.63, 3.8) is 0 Å². The van der Waals surface area contributed by atoms with E-state index in [0.29, 0.717) is 30.6 Å². The maximum atomic E-state index is 13.1. The van der Waals surface area contributed by atoms with Gasteiger partial charge in [-0.25, -0.2) is 0 Å². The molecule has 32 heavy (non-hydrogen) atoms. The summed E-state index contributed by atoms with van der Waals surface area (Å²) >= 11 is 0. The van der Waals surface area contributed by atoms with E-state index in [1.54, 1.807) is 0 Å². The molecule has 0 amide bonds. The summed E-state index contributed by atoms with van der Waals surface area (Å²) in [5, 5.41) is 9.94. The molecule has 2 aliphatic carbocycles. The summed E-state index contributed by atoms with van der Waals surface area (Å²) in [6, 6.07) is 12.2. The molecule has 1 unspecified atom stereocenters. The van der Waals surface area contributed by atoms with Gasteiger partial charge in [-0.1, -0.05) is 36.4 Å². The minimum absolute atomic E-state index is 0.306. The maximum absolute atomic E-state index is 13.1. The van der Waals surface area contributed by atoms with Gasteiger partial charge in [0, 0.05) is 33.5 Å². The zero-order valence-electron chi connectivity index (χ0n) is 17.9. The standard InChI is InChI=1S/C28H20O4/c1-3-31-27-17-11-7-13-5-9-15-21-19(13)23(17)24-18(28(27)32-4-2)12-8-14-6-10-16(22(21)20(14)24)26(30)25(15)29/h5-9,11-12,27H,3-4,10H2,1-2H3. The van der Waals surface area contributed by atoms with Gasteiger partial charge in [-0.05, 0) is 64.0 Å². The lowest BCUT2D eigenvalue weighted by Crippen LogP contribution is -2.31. The molecule has 156 valence electrons. The predicted octanol–water partition coefficient (Wildman–Crippen LogP) is 3.47. The Labute approximate surface area is 182 Å². The minimum Gasteiger partial charge on any atom is -0.494 e. The first-order valence-electron chi connectivity index (χ1n) is 11.2. The quantitative estimate of drug-likeness (QED) is 0.254. The van der Waals surface area contributed by atoms with Gasteiger partial charge < -0.3 is 9.47 Å². The first-order chi connectivity index (χ1) is 15.7. The second-order valence-electron chi connectivity index (χ2n) is 8.62. The van der Waals surface area contributed by atoms with E-state index in [1.807, 2.05) is 26.0 Å². The molecule has 0 aliphatic heterocycles. The predicted molar refractivity (Wildman–Crippen MR) is 128 cm³/mol. The molecule has 0 heterocycles. The SMILES string of the molecule is CCOC1=c2ccc3c4c5c(c(=O)c(=O)c6ccc7ccc(c(c24)c7c65)C1OCC)CC=3. The van der Waals surface area contributed by atoms with Gasteiger partial charge in [-0.15, -0.1) is 0 Å². The van der Waals surface area contributed by atoms with E-state index in [1.165, 1.54) is 0 Å². The van der Waals surface area contributed by atoms with Crippen molar-refractivity contribution < 1.29 is 9.47 Å². The van der Waals surface area contributed by atoms with Crippen molar-refractivity contribution >= 4 is 54.9 Å². The lowest BCUT2D eigenvalue weighted by molar-refractivity contribution is 0.0723. The van der Waals surface area contributed by atoms with Crippen molar-refractivity contribution in [3.8, 4) is 0 Å². The van der Waals surface area contributed by atoms with Gasteiger partial charge in [0.05, 0.1) is 6.61 Å². The number of rotatable bonds is 4. The Morgan fingerprint density at radius 3 is 2.47 bits per heavy atom. The highest BCUT2D eigenvalue weighted by Crippen LogP contribution is 2.46. The van der Waals surface area contributed by atoms with Gasteiger partial charge >= 0.3 is 0 Å². The summed E-state index contributed by atoms with van der Waals surface area (Å²) in [6.07, 6.45) is 2.26. The third-order valence-electron chi connectivity index (χ3n) is 7.18. The van der Waals surface area contributed by atoms with Gasteiger partial charge in [0.15, 0.2) is 0 Å². The Hall–Kier alpha value is -3.50. The lowest BCUT2D eigenvalue weighted by Gasteiger charge is -2.29. The summed E-state index contributed by atoms with van der Waals surface area (Å²) in [5.74, 6) is 0.824. The molecule has 0 radical (unpaired) electrons. The van der Waals surface area contributed by atoms with E-state index in [-0.39, 0.29) is 11.5 Å². The van der Waals surface area contributed by atoms with Crippen molar-refractivity contribution in [2.45, 2.75) is 26.4 Å². The largest absolute Gasteiger partial charge is 0.494 e. The first kappa shape index (κ1) is 18.1. The molecule has 5 aromatic rings. The second kappa shape index (κ2) is 6.05. The van der Waals surface area contributed by atoms with Crippen molar-refractivity contribution in [3.05, 3.63) is 78.4 Å². The Balaban J connectivity index is 1.93. The van der Waals surface area contributed by atoms with Crippen LogP contribution < -0.4 is 21.3 Å². The normalized spacial score (nSPS) is 16.8. The van der Waals surface area contributed by atoms with Crippen LogP contribution in [0.3, 0.4) is 0 Å². The van der Waals surface area contributed by atoms with E-state index < -0.39 is 5.43 Å². The van der Waals surface area contributed by atoms with Gasteiger partial charge in [0.1, 0.15) is 11.9 Å². The number of hydrogen-bond donors (Lipinski definition) is 0. The fourth-order valence-electron chi connectivity index (χ4n) is 6.02. The second-order valence-corrected chi connectivity index (χ2v) is 8.62. The zero-order chi connectivity index (χ0) is 21.7. The Bertz CT molecular complexity index is 1870. The van der Waals surface area contributed by atoms with E-state index in [2.05, 4.69) is 30.3 Å². The average Bonchev–Trinajstić information content (AvgIpc) is 2.82. The number of benzene rings is 5. The molecule has 7 rings (SSSR count). The molecule has 0 bridgehead atoms. The summed E-state index contributed by atoms with van der Waals surface area (Å²) in [7, 11) is 0. The van der Waals surface area contributed by atoms with Crippen LogP contribution in [0.5, 0.6) is 0 Å². The van der Waals surface area contributed by atoms with E-state index >= 15 is 0 Å². The lowest BCUT2D eigenvalue weighted by atomic mass is 9.79. The van der Waals surface area contributed by atoms with Crippen molar-refractivity contribution in [1.82, 2.24) is 0 Å². The third-order valence-corrected chi connectivity index (χ3v) is 7.18. The molecular weight excluding hydrogens is 400 g/mol. The highest BCUT2D eigenvalue weighted by atomic mass is 16.5. The molecule has 0 fully saturated rings. The van der Waals surface area contributed by atoms with Gasteiger partial charge in [-0.2, -0.15) is 0 Å². The van der Waals surface area contributed by atoms with Gasteiger partial charge in [-0.3, -0.25) is 9.59 Å². The van der Waals surface area contributed by atoms with Crippen LogP contribution in [0, 0.1) is 0 Å². The van der Waals surface area contributed by atoms with Crippen LogP contribution in [-0.2, 0) is 15.9 Å². The molecule has 1 atom stereocenters. The topological polar surface area (TPSA) is 52.6 Å². The van der Waals surface area contributed by atoms with Crippen LogP contribution in [0.15, 0.2) is 46.0 Å². The van der Waals surface area contributed by atoms with Crippen LogP contribution in [0.25, 0.3) is 54.9 Å². The molecule has 4 nitrogen and oxygen atoms in total. The smallest absolute Gasteiger partial charge is 0.233 e. The first-order valence-corrected chi connectivity index (χ1v) is 11.2. The van der Waals surface area contributed by atoms with Gasteiger partial charge in [0.25, 0.3) is 0 Å². The molecule has 4 heteroatoms. The molecule has 0 saturated heterocycles. The summed E-state index contributed by atoms with van der Waals surface area (Å²) < 4.78 is 12.4. The van der Waals surface area contributed by atoms with Crippen LogP contribution in [0.1, 0.15) is 31.1 Å². The van der Waals surface area contributed by atoms with Crippen molar-refractivity contribution in [1.29, 1.82) is 0 Å². The minimum atomic E-state index is -0.395. The zero-order valence-corrected chi connectivity index (χ0v) is 17.9. The molecule has 0 spiro atoms. The third kappa shape index (κ3) is 1.93. The maximum Gasteiger partial charge on any atom is 0.233 e. The fraction of sp³-hybridized carbons (Fsp3) is 0.214. The Kier molecular flexibility index (Phi) is 3.42. The summed E-state index contributed by atoms with van der Waals surface area (Å²) in [5.41, 5.74) is 0.917. The van der Waals surface area contributed by atoms with Crippen LogP contribution in [-0.4, -0.2) is 13.2 Å². The molecule has 0 N–H and O–H groups in total. The molecular formula is C28H20O4. The monoisotopic (exact) mass is 420 g/mol. The van der Waals surface area contributed by atoms with Crippen molar-refractivity contribution in [2.75, 3.05) is 13.2 Å². The summed E-state index contributed by atoms with van der Waals surface area (Å²) in [4.78, 5) is 26.1. The van der Waals surface area contributed by atoms with Crippen molar-refractivity contribution in [2.24, 2.45) is 0 Å². The molecule has 5 aromatic carbocycles. The Morgan fingerprint density at radius 2 is 1.66 bits per heavy atom.